The summed E-state index contributed by atoms with van der Waals surface area (Å²) in [4.78, 5) is 4.44. The Morgan fingerprint density at radius 2 is 2.00 bits per heavy atom. The van der Waals surface area contributed by atoms with Crippen molar-refractivity contribution in [2.75, 3.05) is 13.7 Å². The fourth-order valence-electron chi connectivity index (χ4n) is 1.70. The number of aromatic nitrogens is 1. The van der Waals surface area contributed by atoms with Crippen molar-refractivity contribution in [2.24, 2.45) is 5.73 Å². The minimum atomic E-state index is 0.544. The third-order valence-electron chi connectivity index (χ3n) is 2.56. The van der Waals surface area contributed by atoms with Gasteiger partial charge in [-0.1, -0.05) is 0 Å². The van der Waals surface area contributed by atoms with Crippen LogP contribution in [0.3, 0.4) is 0 Å². The molecule has 0 unspecified atom stereocenters. The molecule has 1 aromatic carbocycles. The van der Waals surface area contributed by atoms with Crippen LogP contribution in [0.4, 0.5) is 0 Å². The summed E-state index contributed by atoms with van der Waals surface area (Å²) in [5.74, 6) is 2.34. The van der Waals surface area contributed by atoms with Crippen LogP contribution in [0.1, 0.15) is 11.7 Å². The van der Waals surface area contributed by atoms with Crippen molar-refractivity contribution < 1.29 is 9.15 Å². The Balaban J connectivity index is 2.31. The average Bonchev–Trinajstić information content (AvgIpc) is 2.71. The lowest BCUT2D eigenvalue weighted by Gasteiger charge is -2.00. The monoisotopic (exact) mass is 232 g/mol. The van der Waals surface area contributed by atoms with Gasteiger partial charge in [0.25, 0.3) is 0 Å². The molecule has 17 heavy (non-hydrogen) atoms. The first-order valence-corrected chi connectivity index (χ1v) is 5.55. The van der Waals surface area contributed by atoms with Crippen molar-refractivity contribution in [3.63, 3.8) is 0 Å². The van der Waals surface area contributed by atoms with Gasteiger partial charge in [-0.25, -0.2) is 4.98 Å². The molecule has 90 valence electrons. The summed E-state index contributed by atoms with van der Waals surface area (Å²) in [7, 11) is 1.65. The van der Waals surface area contributed by atoms with E-state index in [1.807, 2.05) is 31.2 Å². The van der Waals surface area contributed by atoms with Gasteiger partial charge in [-0.3, -0.25) is 0 Å². The van der Waals surface area contributed by atoms with Gasteiger partial charge in [-0.05, 0) is 31.2 Å². The summed E-state index contributed by atoms with van der Waals surface area (Å²) in [6.45, 7) is 2.45. The van der Waals surface area contributed by atoms with Crippen LogP contribution in [0.5, 0.6) is 5.75 Å². The first-order chi connectivity index (χ1) is 8.24. The van der Waals surface area contributed by atoms with E-state index >= 15 is 0 Å². The highest BCUT2D eigenvalue weighted by atomic mass is 16.5. The van der Waals surface area contributed by atoms with E-state index in [1.54, 1.807) is 7.11 Å². The smallest absolute Gasteiger partial charge is 0.196 e. The molecular formula is C13H16N2O2. The van der Waals surface area contributed by atoms with Crippen LogP contribution < -0.4 is 10.5 Å². The Morgan fingerprint density at radius 1 is 1.29 bits per heavy atom. The minimum Gasteiger partial charge on any atom is -0.497 e. The predicted molar refractivity (Wildman–Crippen MR) is 66.0 cm³/mol. The summed E-state index contributed by atoms with van der Waals surface area (Å²) >= 11 is 0. The Bertz CT molecular complexity index is 489. The molecule has 0 amide bonds. The van der Waals surface area contributed by atoms with Gasteiger partial charge >= 0.3 is 0 Å². The Morgan fingerprint density at radius 3 is 2.59 bits per heavy atom. The van der Waals surface area contributed by atoms with Crippen molar-refractivity contribution in [1.29, 1.82) is 0 Å². The lowest BCUT2D eigenvalue weighted by atomic mass is 10.1. The van der Waals surface area contributed by atoms with Crippen LogP contribution in [0.25, 0.3) is 11.3 Å². The first kappa shape index (κ1) is 11.7. The third-order valence-corrected chi connectivity index (χ3v) is 2.56. The van der Waals surface area contributed by atoms with Crippen LogP contribution in [0, 0.1) is 6.92 Å². The molecule has 1 aromatic heterocycles. The molecule has 1 heterocycles. The first-order valence-electron chi connectivity index (χ1n) is 5.55. The molecule has 0 atom stereocenters. The van der Waals surface area contributed by atoms with Crippen molar-refractivity contribution in [3.8, 4) is 17.0 Å². The SMILES string of the molecule is COc1ccc(-c2nc(CCN)oc2C)cc1. The van der Waals surface area contributed by atoms with Crippen LogP contribution in [-0.2, 0) is 6.42 Å². The Labute approximate surface area is 100 Å². The standard InChI is InChI=1S/C13H16N2O2/c1-9-13(15-12(17-9)7-8-14)10-3-5-11(16-2)6-4-10/h3-6H,7-8,14H2,1-2H3. The second kappa shape index (κ2) is 5.01. The second-order valence-corrected chi connectivity index (χ2v) is 3.78. The van der Waals surface area contributed by atoms with Gasteiger partial charge in [-0.15, -0.1) is 0 Å². The molecule has 4 nitrogen and oxygen atoms in total. The van der Waals surface area contributed by atoms with E-state index in [4.69, 9.17) is 14.9 Å². The Hall–Kier alpha value is -1.81. The van der Waals surface area contributed by atoms with Crippen LogP contribution >= 0.6 is 0 Å². The number of hydrogen-bond acceptors (Lipinski definition) is 4. The number of methoxy groups -OCH3 is 1. The van der Waals surface area contributed by atoms with Gasteiger partial charge in [0.1, 0.15) is 17.2 Å². The molecule has 2 aromatic rings. The summed E-state index contributed by atoms with van der Waals surface area (Å²) in [6.07, 6.45) is 0.664. The van der Waals surface area contributed by atoms with Gasteiger partial charge in [0.2, 0.25) is 0 Å². The summed E-state index contributed by atoms with van der Waals surface area (Å²) in [5, 5.41) is 0. The van der Waals surface area contributed by atoms with Gasteiger partial charge in [0, 0.05) is 18.5 Å². The average molecular weight is 232 g/mol. The van der Waals surface area contributed by atoms with Gasteiger partial charge in [0.15, 0.2) is 5.89 Å². The number of oxazole rings is 1. The molecule has 0 radical (unpaired) electrons. The molecule has 2 rings (SSSR count). The molecule has 4 heteroatoms. The molecule has 0 bridgehead atoms. The van der Waals surface area contributed by atoms with E-state index in [-0.39, 0.29) is 0 Å². The number of benzene rings is 1. The van der Waals surface area contributed by atoms with E-state index in [9.17, 15) is 0 Å². The van der Waals surface area contributed by atoms with Crippen molar-refractivity contribution in [2.45, 2.75) is 13.3 Å². The lowest BCUT2D eigenvalue weighted by molar-refractivity contribution is 0.415. The maximum Gasteiger partial charge on any atom is 0.196 e. The van der Waals surface area contributed by atoms with Gasteiger partial charge in [-0.2, -0.15) is 0 Å². The number of aryl methyl sites for hydroxylation is 1. The molecule has 0 fully saturated rings. The van der Waals surface area contributed by atoms with Crippen LogP contribution in [0.2, 0.25) is 0 Å². The maximum atomic E-state index is 5.54. The largest absolute Gasteiger partial charge is 0.497 e. The number of rotatable bonds is 4. The zero-order valence-electron chi connectivity index (χ0n) is 10.1. The number of nitrogens with two attached hydrogens (primary N) is 1. The zero-order valence-corrected chi connectivity index (χ0v) is 10.1. The fraction of sp³-hybridized carbons (Fsp3) is 0.308. The van der Waals surface area contributed by atoms with E-state index in [2.05, 4.69) is 4.98 Å². The van der Waals surface area contributed by atoms with E-state index in [0.29, 0.717) is 18.9 Å². The van der Waals surface area contributed by atoms with Crippen LogP contribution in [-0.4, -0.2) is 18.6 Å². The van der Waals surface area contributed by atoms with E-state index in [1.165, 1.54) is 0 Å². The minimum absolute atomic E-state index is 0.544. The zero-order chi connectivity index (χ0) is 12.3. The maximum absolute atomic E-state index is 5.54. The molecule has 0 aliphatic heterocycles. The molecule has 0 spiro atoms. The molecular weight excluding hydrogens is 216 g/mol. The second-order valence-electron chi connectivity index (χ2n) is 3.78. The molecule has 0 aliphatic rings. The predicted octanol–water partition coefficient (Wildman–Crippen LogP) is 2.16. The topological polar surface area (TPSA) is 61.3 Å². The van der Waals surface area contributed by atoms with Crippen molar-refractivity contribution in [3.05, 3.63) is 35.9 Å². The molecule has 0 aliphatic carbocycles. The summed E-state index contributed by atoms with van der Waals surface area (Å²) < 4.78 is 10.7. The fourth-order valence-corrected chi connectivity index (χ4v) is 1.70. The van der Waals surface area contributed by atoms with Gasteiger partial charge < -0.3 is 14.9 Å². The molecule has 0 saturated carbocycles. The van der Waals surface area contributed by atoms with Gasteiger partial charge in [0.05, 0.1) is 7.11 Å². The highest BCUT2D eigenvalue weighted by Gasteiger charge is 2.10. The lowest BCUT2D eigenvalue weighted by Crippen LogP contribution is -2.02. The van der Waals surface area contributed by atoms with E-state index < -0.39 is 0 Å². The van der Waals surface area contributed by atoms with Crippen molar-refractivity contribution >= 4 is 0 Å². The highest BCUT2D eigenvalue weighted by Crippen LogP contribution is 2.25. The summed E-state index contributed by atoms with van der Waals surface area (Å²) in [6, 6.07) is 7.75. The normalized spacial score (nSPS) is 10.5. The highest BCUT2D eigenvalue weighted by molar-refractivity contribution is 5.61. The van der Waals surface area contributed by atoms with Crippen molar-refractivity contribution in [1.82, 2.24) is 4.98 Å². The summed E-state index contributed by atoms with van der Waals surface area (Å²) in [5.41, 5.74) is 7.37. The third kappa shape index (κ3) is 2.47. The number of ether oxygens (including phenoxy) is 1. The molecule has 0 saturated heterocycles. The Kier molecular flexibility index (Phi) is 3.44. The molecule has 2 N–H and O–H groups in total. The quantitative estimate of drug-likeness (QED) is 0.877. The van der Waals surface area contributed by atoms with Crippen LogP contribution in [0.15, 0.2) is 28.7 Å². The van der Waals surface area contributed by atoms with E-state index in [0.717, 1.165) is 22.8 Å². The number of nitrogens with zero attached hydrogens (tertiary/aromatic N) is 1. The number of hydrogen-bond donors (Lipinski definition) is 1.